The number of esters is 1. The number of hydrogen-bond acceptors (Lipinski definition) is 4. The van der Waals surface area contributed by atoms with Crippen molar-refractivity contribution in [3.05, 3.63) is 0 Å². The van der Waals surface area contributed by atoms with Crippen LogP contribution in [0.4, 0.5) is 0 Å². The van der Waals surface area contributed by atoms with Crippen LogP contribution in [0.2, 0.25) is 0 Å². The number of piperidine rings is 1. The van der Waals surface area contributed by atoms with Gasteiger partial charge in [0.1, 0.15) is 0 Å². The van der Waals surface area contributed by atoms with Gasteiger partial charge < -0.3 is 9.84 Å². The van der Waals surface area contributed by atoms with E-state index in [1.807, 2.05) is 6.92 Å². The molecular formula is C14H25NO4. The number of likely N-dealkylation sites (tertiary alicyclic amines) is 1. The molecule has 1 aliphatic heterocycles. The van der Waals surface area contributed by atoms with E-state index in [9.17, 15) is 9.59 Å². The number of carbonyl (C=O) groups excluding carboxylic acids is 1. The molecule has 1 fully saturated rings. The second-order valence-electron chi connectivity index (χ2n) is 5.03. The lowest BCUT2D eigenvalue weighted by atomic mass is 9.97. The molecule has 0 radical (unpaired) electrons. The van der Waals surface area contributed by atoms with Crippen molar-refractivity contribution < 1.29 is 19.4 Å². The van der Waals surface area contributed by atoms with Crippen LogP contribution in [0, 0.1) is 0 Å². The lowest BCUT2D eigenvalue weighted by Gasteiger charge is -2.35. The summed E-state index contributed by atoms with van der Waals surface area (Å²) in [4.78, 5) is 24.2. The smallest absolute Gasteiger partial charge is 0.305 e. The normalized spacial score (nSPS) is 20.2. The SMILES string of the molecule is CCOC(=O)CCCC1CCCCN1CCC(=O)O. The van der Waals surface area contributed by atoms with E-state index in [1.54, 1.807) is 0 Å². The van der Waals surface area contributed by atoms with Crippen LogP contribution in [0.15, 0.2) is 0 Å². The van der Waals surface area contributed by atoms with Gasteiger partial charge in [0.25, 0.3) is 0 Å². The summed E-state index contributed by atoms with van der Waals surface area (Å²) in [6, 6.07) is 0.433. The zero-order valence-corrected chi connectivity index (χ0v) is 11.8. The highest BCUT2D eigenvalue weighted by molar-refractivity contribution is 5.69. The van der Waals surface area contributed by atoms with Gasteiger partial charge in [-0.3, -0.25) is 14.5 Å². The fraction of sp³-hybridized carbons (Fsp3) is 0.857. The topological polar surface area (TPSA) is 66.8 Å². The molecule has 1 aliphatic rings. The first-order chi connectivity index (χ1) is 9.13. The minimum Gasteiger partial charge on any atom is -0.481 e. The lowest BCUT2D eigenvalue weighted by Crippen LogP contribution is -2.40. The number of carboxylic acid groups (broad SMARTS) is 1. The number of nitrogens with zero attached hydrogens (tertiary/aromatic N) is 1. The van der Waals surface area contributed by atoms with Crippen molar-refractivity contribution in [1.29, 1.82) is 0 Å². The van der Waals surface area contributed by atoms with Gasteiger partial charge in [-0.25, -0.2) is 0 Å². The lowest BCUT2D eigenvalue weighted by molar-refractivity contribution is -0.143. The number of ether oxygens (including phenoxy) is 1. The summed E-state index contributed by atoms with van der Waals surface area (Å²) in [6.07, 6.45) is 5.92. The summed E-state index contributed by atoms with van der Waals surface area (Å²) in [7, 11) is 0. The van der Waals surface area contributed by atoms with Gasteiger partial charge in [0.05, 0.1) is 13.0 Å². The maximum atomic E-state index is 11.3. The average Bonchev–Trinajstić information content (AvgIpc) is 2.38. The van der Waals surface area contributed by atoms with E-state index in [4.69, 9.17) is 9.84 Å². The molecule has 1 saturated heterocycles. The molecule has 5 nitrogen and oxygen atoms in total. The van der Waals surface area contributed by atoms with Gasteiger partial charge in [0.15, 0.2) is 0 Å². The standard InChI is InChI=1S/C14H25NO4/c1-2-19-14(18)8-5-7-12-6-3-4-10-15(12)11-9-13(16)17/h12H,2-11H2,1H3,(H,16,17). The van der Waals surface area contributed by atoms with Gasteiger partial charge >= 0.3 is 11.9 Å². The summed E-state index contributed by atoms with van der Waals surface area (Å²) in [6.45, 7) is 3.86. The number of carboxylic acids is 1. The minimum absolute atomic E-state index is 0.129. The van der Waals surface area contributed by atoms with Crippen LogP contribution in [0.3, 0.4) is 0 Å². The van der Waals surface area contributed by atoms with Gasteiger partial charge in [-0.05, 0) is 39.2 Å². The molecule has 0 aromatic carbocycles. The van der Waals surface area contributed by atoms with Crippen molar-refractivity contribution in [2.24, 2.45) is 0 Å². The molecule has 1 atom stereocenters. The van der Waals surface area contributed by atoms with Crippen molar-refractivity contribution in [1.82, 2.24) is 4.90 Å². The van der Waals surface area contributed by atoms with Crippen LogP contribution in [0.5, 0.6) is 0 Å². The third-order valence-corrected chi connectivity index (χ3v) is 3.59. The molecule has 19 heavy (non-hydrogen) atoms. The Kier molecular flexibility index (Phi) is 7.48. The molecule has 0 aliphatic carbocycles. The summed E-state index contributed by atoms with van der Waals surface area (Å²) in [5.41, 5.74) is 0. The molecule has 5 heteroatoms. The first kappa shape index (κ1) is 16.0. The fourth-order valence-electron chi connectivity index (χ4n) is 2.64. The van der Waals surface area contributed by atoms with Gasteiger partial charge in [0.2, 0.25) is 0 Å². The van der Waals surface area contributed by atoms with Crippen molar-refractivity contribution >= 4 is 11.9 Å². The van der Waals surface area contributed by atoms with Crippen molar-refractivity contribution in [3.63, 3.8) is 0 Å². The van der Waals surface area contributed by atoms with Crippen LogP contribution >= 0.6 is 0 Å². The average molecular weight is 271 g/mol. The van der Waals surface area contributed by atoms with Crippen LogP contribution in [-0.2, 0) is 14.3 Å². The largest absolute Gasteiger partial charge is 0.481 e. The molecule has 1 rings (SSSR count). The van der Waals surface area contributed by atoms with E-state index >= 15 is 0 Å². The van der Waals surface area contributed by atoms with Gasteiger partial charge in [0, 0.05) is 19.0 Å². The van der Waals surface area contributed by atoms with Crippen molar-refractivity contribution in [3.8, 4) is 0 Å². The summed E-state index contributed by atoms with van der Waals surface area (Å²) in [5.74, 6) is -0.869. The Morgan fingerprint density at radius 3 is 2.79 bits per heavy atom. The molecule has 1 unspecified atom stereocenters. The number of aliphatic carboxylic acids is 1. The molecule has 0 spiro atoms. The van der Waals surface area contributed by atoms with E-state index in [1.165, 1.54) is 6.42 Å². The predicted molar refractivity (Wildman–Crippen MR) is 71.9 cm³/mol. The Morgan fingerprint density at radius 1 is 1.32 bits per heavy atom. The molecule has 0 bridgehead atoms. The summed E-state index contributed by atoms with van der Waals surface area (Å²) < 4.78 is 4.91. The van der Waals surface area contributed by atoms with E-state index in [0.717, 1.165) is 32.2 Å². The highest BCUT2D eigenvalue weighted by atomic mass is 16.5. The minimum atomic E-state index is -0.740. The fourth-order valence-corrected chi connectivity index (χ4v) is 2.64. The predicted octanol–water partition coefficient (Wildman–Crippen LogP) is 2.05. The molecule has 0 saturated carbocycles. The van der Waals surface area contributed by atoms with Crippen LogP contribution in [0.1, 0.15) is 51.9 Å². The Labute approximate surface area is 114 Å². The Balaban J connectivity index is 2.27. The highest BCUT2D eigenvalue weighted by Crippen LogP contribution is 2.21. The van der Waals surface area contributed by atoms with Crippen LogP contribution < -0.4 is 0 Å². The van der Waals surface area contributed by atoms with E-state index in [2.05, 4.69) is 4.90 Å². The Morgan fingerprint density at radius 2 is 2.11 bits per heavy atom. The van der Waals surface area contributed by atoms with Gasteiger partial charge in [-0.15, -0.1) is 0 Å². The Hall–Kier alpha value is -1.10. The summed E-state index contributed by atoms with van der Waals surface area (Å²) >= 11 is 0. The third kappa shape index (κ3) is 6.57. The summed E-state index contributed by atoms with van der Waals surface area (Å²) in [5, 5.41) is 8.75. The zero-order valence-electron chi connectivity index (χ0n) is 11.8. The Bertz CT molecular complexity index is 293. The quantitative estimate of drug-likeness (QED) is 0.684. The van der Waals surface area contributed by atoms with Crippen LogP contribution in [-0.4, -0.2) is 47.7 Å². The van der Waals surface area contributed by atoms with Crippen LogP contribution in [0.25, 0.3) is 0 Å². The van der Waals surface area contributed by atoms with E-state index in [-0.39, 0.29) is 12.4 Å². The molecule has 1 heterocycles. The number of rotatable bonds is 8. The maximum absolute atomic E-state index is 11.3. The second-order valence-corrected chi connectivity index (χ2v) is 5.03. The van der Waals surface area contributed by atoms with E-state index in [0.29, 0.717) is 25.6 Å². The molecule has 0 aromatic rings. The van der Waals surface area contributed by atoms with Gasteiger partial charge in [-0.1, -0.05) is 6.42 Å². The number of carbonyl (C=O) groups is 2. The number of hydrogen-bond donors (Lipinski definition) is 1. The molecule has 1 N–H and O–H groups in total. The van der Waals surface area contributed by atoms with E-state index < -0.39 is 5.97 Å². The first-order valence-corrected chi connectivity index (χ1v) is 7.25. The maximum Gasteiger partial charge on any atom is 0.305 e. The molecule has 110 valence electrons. The second kappa shape index (κ2) is 8.91. The highest BCUT2D eigenvalue weighted by Gasteiger charge is 2.22. The first-order valence-electron chi connectivity index (χ1n) is 7.25. The monoisotopic (exact) mass is 271 g/mol. The molecule has 0 aromatic heterocycles. The third-order valence-electron chi connectivity index (χ3n) is 3.59. The van der Waals surface area contributed by atoms with Gasteiger partial charge in [-0.2, -0.15) is 0 Å². The molecular weight excluding hydrogens is 246 g/mol. The van der Waals surface area contributed by atoms with Crippen molar-refractivity contribution in [2.45, 2.75) is 57.9 Å². The molecule has 0 amide bonds. The zero-order chi connectivity index (χ0) is 14.1. The van der Waals surface area contributed by atoms with Crippen molar-refractivity contribution in [2.75, 3.05) is 19.7 Å².